The quantitative estimate of drug-likeness (QED) is 0.698. The lowest BCUT2D eigenvalue weighted by Crippen LogP contribution is -2.50. The molecule has 2 fully saturated rings. The molecule has 0 radical (unpaired) electrons. The second-order valence-corrected chi connectivity index (χ2v) is 5.00. The molecule has 0 spiro atoms. The van der Waals surface area contributed by atoms with Crippen molar-refractivity contribution in [2.45, 2.75) is 50.7 Å². The third-order valence-corrected chi connectivity index (χ3v) is 3.90. The molecule has 0 saturated carbocycles. The van der Waals surface area contributed by atoms with Gasteiger partial charge in [-0.15, -0.1) is 11.6 Å². The Morgan fingerprint density at radius 1 is 1.25 bits per heavy atom. The molecule has 4 heteroatoms. The van der Waals surface area contributed by atoms with Crippen LogP contribution in [0.4, 0.5) is 0 Å². The van der Waals surface area contributed by atoms with E-state index in [0.29, 0.717) is 5.88 Å². The standard InChI is InChI=1S/C12H20ClNO2/c13-9-10-5-1-3-7-14(10)12(15)11-6-2-4-8-16-11/h10-11H,1-9H2. The zero-order chi connectivity index (χ0) is 11.4. The summed E-state index contributed by atoms with van der Waals surface area (Å²) in [6.07, 6.45) is 6.21. The van der Waals surface area contributed by atoms with E-state index in [1.807, 2.05) is 4.90 Å². The molecule has 2 atom stereocenters. The van der Waals surface area contributed by atoms with Gasteiger partial charge in [-0.2, -0.15) is 0 Å². The number of piperidine rings is 1. The number of alkyl halides is 1. The van der Waals surface area contributed by atoms with Crippen LogP contribution in [-0.4, -0.2) is 42.0 Å². The summed E-state index contributed by atoms with van der Waals surface area (Å²) in [6, 6.07) is 0.230. The molecular formula is C12H20ClNO2. The van der Waals surface area contributed by atoms with E-state index < -0.39 is 0 Å². The number of carbonyl (C=O) groups is 1. The molecule has 2 heterocycles. The Morgan fingerprint density at radius 3 is 2.75 bits per heavy atom. The summed E-state index contributed by atoms with van der Waals surface area (Å²) < 4.78 is 5.55. The molecule has 2 rings (SSSR count). The molecular weight excluding hydrogens is 226 g/mol. The second kappa shape index (κ2) is 5.87. The minimum Gasteiger partial charge on any atom is -0.368 e. The van der Waals surface area contributed by atoms with Gasteiger partial charge in [-0.25, -0.2) is 0 Å². The van der Waals surface area contributed by atoms with Crippen molar-refractivity contribution in [3.05, 3.63) is 0 Å². The van der Waals surface area contributed by atoms with Gasteiger partial charge in [0.2, 0.25) is 0 Å². The van der Waals surface area contributed by atoms with E-state index in [2.05, 4.69) is 0 Å². The number of halogens is 1. The van der Waals surface area contributed by atoms with Gasteiger partial charge in [0, 0.05) is 25.1 Å². The van der Waals surface area contributed by atoms with Crippen LogP contribution in [0.25, 0.3) is 0 Å². The third-order valence-electron chi connectivity index (χ3n) is 3.54. The van der Waals surface area contributed by atoms with Crippen molar-refractivity contribution >= 4 is 17.5 Å². The van der Waals surface area contributed by atoms with E-state index in [-0.39, 0.29) is 18.1 Å². The lowest BCUT2D eigenvalue weighted by Gasteiger charge is -2.37. The lowest BCUT2D eigenvalue weighted by molar-refractivity contribution is -0.149. The van der Waals surface area contributed by atoms with Crippen LogP contribution in [0.1, 0.15) is 38.5 Å². The number of amides is 1. The molecule has 0 aromatic rings. The number of hydrogen-bond donors (Lipinski definition) is 0. The molecule has 3 nitrogen and oxygen atoms in total. The van der Waals surface area contributed by atoms with Crippen LogP contribution in [0, 0.1) is 0 Å². The van der Waals surface area contributed by atoms with Crippen LogP contribution in [0.15, 0.2) is 0 Å². The Hall–Kier alpha value is -0.280. The van der Waals surface area contributed by atoms with Gasteiger partial charge < -0.3 is 9.64 Å². The van der Waals surface area contributed by atoms with E-state index in [1.54, 1.807) is 0 Å². The van der Waals surface area contributed by atoms with Gasteiger partial charge in [-0.3, -0.25) is 4.79 Å². The Bertz CT molecular complexity index is 241. The van der Waals surface area contributed by atoms with Crippen molar-refractivity contribution in [3.63, 3.8) is 0 Å². The second-order valence-electron chi connectivity index (χ2n) is 4.69. The predicted molar refractivity (Wildman–Crippen MR) is 63.7 cm³/mol. The predicted octanol–water partition coefficient (Wildman–Crippen LogP) is 2.18. The molecule has 2 aliphatic rings. The number of hydrogen-bond acceptors (Lipinski definition) is 2. The van der Waals surface area contributed by atoms with Crippen molar-refractivity contribution in [2.75, 3.05) is 19.0 Å². The maximum Gasteiger partial charge on any atom is 0.251 e. The van der Waals surface area contributed by atoms with Gasteiger partial charge in [0.05, 0.1) is 0 Å². The van der Waals surface area contributed by atoms with E-state index >= 15 is 0 Å². The van der Waals surface area contributed by atoms with E-state index in [9.17, 15) is 4.79 Å². The summed E-state index contributed by atoms with van der Waals surface area (Å²) in [7, 11) is 0. The Labute approximate surface area is 102 Å². The van der Waals surface area contributed by atoms with Crippen molar-refractivity contribution in [1.29, 1.82) is 0 Å². The highest BCUT2D eigenvalue weighted by atomic mass is 35.5. The average molecular weight is 246 g/mol. The highest BCUT2D eigenvalue weighted by Crippen LogP contribution is 2.22. The number of likely N-dealkylation sites (tertiary alicyclic amines) is 1. The summed E-state index contributed by atoms with van der Waals surface area (Å²) >= 11 is 5.92. The number of rotatable bonds is 2. The van der Waals surface area contributed by atoms with Crippen molar-refractivity contribution in [1.82, 2.24) is 4.90 Å². The zero-order valence-corrected chi connectivity index (χ0v) is 10.4. The number of ether oxygens (including phenoxy) is 1. The van der Waals surface area contributed by atoms with Gasteiger partial charge in [-0.05, 0) is 38.5 Å². The van der Waals surface area contributed by atoms with Gasteiger partial charge in [0.15, 0.2) is 0 Å². The third kappa shape index (κ3) is 2.69. The monoisotopic (exact) mass is 245 g/mol. The summed E-state index contributed by atoms with van der Waals surface area (Å²) in [5, 5.41) is 0. The normalized spacial score (nSPS) is 31.4. The topological polar surface area (TPSA) is 29.5 Å². The SMILES string of the molecule is O=C(C1CCCCO1)N1CCCCC1CCl. The Kier molecular flexibility index (Phi) is 4.47. The highest BCUT2D eigenvalue weighted by Gasteiger charge is 2.32. The highest BCUT2D eigenvalue weighted by molar-refractivity contribution is 6.18. The van der Waals surface area contributed by atoms with Crippen molar-refractivity contribution in [2.24, 2.45) is 0 Å². The van der Waals surface area contributed by atoms with Crippen LogP contribution in [-0.2, 0) is 9.53 Å². The van der Waals surface area contributed by atoms with E-state index in [0.717, 1.165) is 45.3 Å². The summed E-state index contributed by atoms with van der Waals surface area (Å²) in [4.78, 5) is 14.2. The Morgan fingerprint density at radius 2 is 2.06 bits per heavy atom. The van der Waals surface area contributed by atoms with Gasteiger partial charge in [0.1, 0.15) is 6.10 Å². The first-order valence-electron chi connectivity index (χ1n) is 6.31. The molecule has 0 aliphatic carbocycles. The molecule has 1 amide bonds. The average Bonchev–Trinajstić information content (AvgIpc) is 2.39. The smallest absolute Gasteiger partial charge is 0.251 e. The minimum absolute atomic E-state index is 0.171. The van der Waals surface area contributed by atoms with Crippen LogP contribution >= 0.6 is 11.6 Å². The van der Waals surface area contributed by atoms with Crippen LogP contribution < -0.4 is 0 Å². The number of nitrogens with zero attached hydrogens (tertiary/aromatic N) is 1. The largest absolute Gasteiger partial charge is 0.368 e. The van der Waals surface area contributed by atoms with Crippen LogP contribution in [0.5, 0.6) is 0 Å². The molecule has 0 aromatic heterocycles. The van der Waals surface area contributed by atoms with Crippen molar-refractivity contribution in [3.8, 4) is 0 Å². The van der Waals surface area contributed by atoms with Crippen LogP contribution in [0.3, 0.4) is 0 Å². The van der Waals surface area contributed by atoms with E-state index in [1.165, 1.54) is 6.42 Å². The summed E-state index contributed by atoms with van der Waals surface area (Å²) in [5.41, 5.74) is 0. The molecule has 2 aliphatic heterocycles. The minimum atomic E-state index is -0.197. The molecule has 0 bridgehead atoms. The molecule has 0 N–H and O–H groups in total. The van der Waals surface area contributed by atoms with Crippen molar-refractivity contribution < 1.29 is 9.53 Å². The lowest BCUT2D eigenvalue weighted by atomic mass is 10.0. The summed E-state index contributed by atoms with van der Waals surface area (Å²) in [5.74, 6) is 0.725. The van der Waals surface area contributed by atoms with Crippen LogP contribution in [0.2, 0.25) is 0 Å². The first kappa shape index (κ1) is 12.2. The van der Waals surface area contributed by atoms with Gasteiger partial charge >= 0.3 is 0 Å². The molecule has 0 aromatic carbocycles. The molecule has 16 heavy (non-hydrogen) atoms. The Balaban J connectivity index is 1.95. The zero-order valence-electron chi connectivity index (χ0n) is 9.66. The van der Waals surface area contributed by atoms with E-state index in [4.69, 9.17) is 16.3 Å². The first-order chi connectivity index (χ1) is 7.83. The fraction of sp³-hybridized carbons (Fsp3) is 0.917. The first-order valence-corrected chi connectivity index (χ1v) is 6.84. The van der Waals surface area contributed by atoms with Gasteiger partial charge in [0.25, 0.3) is 5.91 Å². The maximum atomic E-state index is 12.3. The maximum absolute atomic E-state index is 12.3. The molecule has 2 unspecified atom stereocenters. The molecule has 92 valence electrons. The number of carbonyl (C=O) groups excluding carboxylic acids is 1. The molecule has 2 saturated heterocycles. The van der Waals surface area contributed by atoms with Gasteiger partial charge in [-0.1, -0.05) is 0 Å². The fourth-order valence-corrected chi connectivity index (χ4v) is 2.89. The summed E-state index contributed by atoms with van der Waals surface area (Å²) in [6.45, 7) is 1.59. The fourth-order valence-electron chi connectivity index (χ4n) is 2.57.